The first-order valence-electron chi connectivity index (χ1n) is 6.06. The molecule has 0 saturated carbocycles. The maximum absolute atomic E-state index is 13.4. The van der Waals surface area contributed by atoms with Crippen LogP contribution in [-0.2, 0) is 6.54 Å². The minimum atomic E-state index is -1.06. The van der Waals surface area contributed by atoms with Gasteiger partial charge in [0.1, 0.15) is 12.0 Å². The Morgan fingerprint density at radius 2 is 2.45 bits per heavy atom. The predicted molar refractivity (Wildman–Crippen MR) is 80.4 cm³/mol. The van der Waals surface area contributed by atoms with Crippen molar-refractivity contribution in [2.24, 2.45) is 9.98 Å². The highest BCUT2D eigenvalue weighted by atomic mass is 19.1. The minimum Gasteiger partial charge on any atom is -0.372 e. The summed E-state index contributed by atoms with van der Waals surface area (Å²) in [6.45, 7) is 5.20. The summed E-state index contributed by atoms with van der Waals surface area (Å²) < 4.78 is 13.4. The fraction of sp³-hybridized carbons (Fsp3) is 0.267. The van der Waals surface area contributed by atoms with Crippen LogP contribution >= 0.6 is 0 Å². The molecule has 0 spiro atoms. The Kier molecular flexibility index (Phi) is 6.11. The number of halogens is 1. The van der Waals surface area contributed by atoms with E-state index in [1.165, 1.54) is 13.1 Å². The van der Waals surface area contributed by atoms with Crippen molar-refractivity contribution in [2.45, 2.75) is 19.6 Å². The highest BCUT2D eigenvalue weighted by molar-refractivity contribution is 5.85. The highest BCUT2D eigenvalue weighted by Crippen LogP contribution is 2.20. The van der Waals surface area contributed by atoms with Crippen LogP contribution in [0.2, 0.25) is 0 Å². The molecule has 0 radical (unpaired) electrons. The molecule has 0 saturated heterocycles. The molecule has 1 atom stereocenters. The number of rotatable bonds is 6. The molecule has 0 fully saturated rings. The molecule has 1 heterocycles. The molecule has 20 heavy (non-hydrogen) atoms. The summed E-state index contributed by atoms with van der Waals surface area (Å²) in [5.41, 5.74) is 1.80. The summed E-state index contributed by atoms with van der Waals surface area (Å²) in [5, 5.41) is 2.83. The van der Waals surface area contributed by atoms with Crippen LogP contribution in [0.1, 0.15) is 24.2 Å². The fourth-order valence-electron chi connectivity index (χ4n) is 1.66. The van der Waals surface area contributed by atoms with Crippen LogP contribution in [0.25, 0.3) is 0 Å². The first-order valence-corrected chi connectivity index (χ1v) is 6.06. The van der Waals surface area contributed by atoms with E-state index in [-0.39, 0.29) is 0 Å². The van der Waals surface area contributed by atoms with Gasteiger partial charge < -0.3 is 5.32 Å². The van der Waals surface area contributed by atoms with Gasteiger partial charge in [-0.05, 0) is 30.8 Å². The van der Waals surface area contributed by atoms with E-state index < -0.39 is 6.17 Å². The molecule has 0 aliphatic rings. The van der Waals surface area contributed by atoms with Crippen molar-refractivity contribution in [3.63, 3.8) is 0 Å². The molecule has 0 aliphatic heterocycles. The van der Waals surface area contributed by atoms with Gasteiger partial charge in [-0.1, -0.05) is 5.92 Å². The number of pyridine rings is 1. The third kappa shape index (κ3) is 4.02. The van der Waals surface area contributed by atoms with E-state index in [0.29, 0.717) is 23.5 Å². The Labute approximate surface area is 118 Å². The van der Waals surface area contributed by atoms with E-state index in [4.69, 9.17) is 6.42 Å². The Morgan fingerprint density at radius 1 is 1.70 bits per heavy atom. The minimum absolute atomic E-state index is 0.302. The lowest BCUT2D eigenvalue weighted by molar-refractivity contribution is 0.371. The van der Waals surface area contributed by atoms with E-state index in [1.54, 1.807) is 25.5 Å². The van der Waals surface area contributed by atoms with E-state index >= 15 is 0 Å². The monoisotopic (exact) mass is 272 g/mol. The number of aromatic nitrogens is 1. The van der Waals surface area contributed by atoms with Crippen LogP contribution in [0, 0.1) is 12.3 Å². The number of terminal acetylenes is 1. The third-order valence-electron chi connectivity index (χ3n) is 2.66. The van der Waals surface area contributed by atoms with Crippen molar-refractivity contribution in [1.82, 2.24) is 10.3 Å². The number of nitrogens with one attached hydrogen (secondary N) is 1. The average molecular weight is 272 g/mol. The summed E-state index contributed by atoms with van der Waals surface area (Å²) in [6, 6.07) is 1.65. The van der Waals surface area contributed by atoms with Gasteiger partial charge in [0.2, 0.25) is 0 Å². The molecule has 4 nitrogen and oxygen atoms in total. The van der Waals surface area contributed by atoms with Crippen molar-refractivity contribution in [3.8, 4) is 12.3 Å². The van der Waals surface area contributed by atoms with E-state index in [0.717, 1.165) is 5.56 Å². The number of hydrogen-bond acceptors (Lipinski definition) is 4. The lowest BCUT2D eigenvalue weighted by atomic mass is 10.1. The van der Waals surface area contributed by atoms with Gasteiger partial charge in [-0.25, -0.2) is 9.38 Å². The second-order valence-corrected chi connectivity index (χ2v) is 3.98. The zero-order chi connectivity index (χ0) is 15.0. The van der Waals surface area contributed by atoms with Gasteiger partial charge in [-0.15, -0.1) is 6.42 Å². The van der Waals surface area contributed by atoms with Gasteiger partial charge in [-0.2, -0.15) is 0 Å². The smallest absolute Gasteiger partial charge is 0.142 e. The number of alkyl halides is 1. The summed E-state index contributed by atoms with van der Waals surface area (Å²) >= 11 is 0. The van der Waals surface area contributed by atoms with Crippen LogP contribution in [-0.4, -0.2) is 25.0 Å². The molecule has 0 bridgehead atoms. The van der Waals surface area contributed by atoms with Gasteiger partial charge in [0.05, 0.1) is 12.1 Å². The molecule has 5 heteroatoms. The van der Waals surface area contributed by atoms with Crippen LogP contribution in [0.4, 0.5) is 4.39 Å². The van der Waals surface area contributed by atoms with Gasteiger partial charge >= 0.3 is 0 Å². The number of allylic oxidation sites excluding steroid dienone is 1. The lowest BCUT2D eigenvalue weighted by Crippen LogP contribution is -2.07. The molecular formula is C15H17FN4. The molecule has 0 aliphatic carbocycles. The van der Waals surface area contributed by atoms with Crippen molar-refractivity contribution in [1.29, 1.82) is 0 Å². The fourth-order valence-corrected chi connectivity index (χ4v) is 1.66. The second-order valence-electron chi connectivity index (χ2n) is 3.98. The predicted octanol–water partition coefficient (Wildman–Crippen LogP) is 2.45. The molecular weight excluding hydrogens is 255 g/mol. The first kappa shape index (κ1) is 15.6. The molecule has 1 unspecified atom stereocenters. The van der Waals surface area contributed by atoms with Crippen LogP contribution in [0.15, 0.2) is 39.8 Å². The van der Waals surface area contributed by atoms with Gasteiger partial charge in [0, 0.05) is 25.7 Å². The zero-order valence-electron chi connectivity index (χ0n) is 11.6. The van der Waals surface area contributed by atoms with Crippen LogP contribution in [0.5, 0.6) is 0 Å². The van der Waals surface area contributed by atoms with Crippen molar-refractivity contribution in [2.75, 3.05) is 7.05 Å². The summed E-state index contributed by atoms with van der Waals surface area (Å²) in [4.78, 5) is 12.0. The molecule has 1 rings (SSSR count). The Hall–Kier alpha value is -2.48. The van der Waals surface area contributed by atoms with E-state index in [2.05, 4.69) is 32.9 Å². The van der Waals surface area contributed by atoms with Crippen molar-refractivity contribution >= 4 is 12.9 Å². The van der Waals surface area contributed by atoms with Crippen molar-refractivity contribution < 1.29 is 4.39 Å². The standard InChI is InChI=1S/C15H17FN4/c1-5-12(15(17-3)18-4)8-20-10-13-9-19-7-6-14(13)11(2)16/h1,6-9,11,18H,3,10H2,2,4H3/b15-12+,20-8?. The average Bonchev–Trinajstić information content (AvgIpc) is 2.47. The molecule has 1 aromatic heterocycles. The SMILES string of the molecule is C#C/C(C=NCc1cnccc1C(C)F)=C(/N=C)NC. The number of aliphatic imine (C=N–C) groups is 2. The summed E-state index contributed by atoms with van der Waals surface area (Å²) in [7, 11) is 1.69. The summed E-state index contributed by atoms with van der Waals surface area (Å²) in [5.74, 6) is 2.95. The lowest BCUT2D eigenvalue weighted by Gasteiger charge is -2.07. The van der Waals surface area contributed by atoms with Gasteiger partial charge in [-0.3, -0.25) is 9.98 Å². The normalized spacial score (nSPS) is 13.5. The van der Waals surface area contributed by atoms with Crippen LogP contribution < -0.4 is 5.32 Å². The quantitative estimate of drug-likeness (QED) is 0.639. The molecule has 0 amide bonds. The Morgan fingerprint density at radius 3 is 3.00 bits per heavy atom. The van der Waals surface area contributed by atoms with E-state index in [1.807, 2.05) is 0 Å². The topological polar surface area (TPSA) is 49.6 Å². The third-order valence-corrected chi connectivity index (χ3v) is 2.66. The van der Waals surface area contributed by atoms with Gasteiger partial charge in [0.25, 0.3) is 0 Å². The zero-order valence-corrected chi connectivity index (χ0v) is 11.6. The number of nitrogens with zero attached hydrogens (tertiary/aromatic N) is 3. The molecule has 104 valence electrons. The van der Waals surface area contributed by atoms with E-state index in [9.17, 15) is 4.39 Å². The summed E-state index contributed by atoms with van der Waals surface area (Å²) in [6.07, 6.45) is 9.00. The highest BCUT2D eigenvalue weighted by Gasteiger charge is 2.08. The van der Waals surface area contributed by atoms with Crippen LogP contribution in [0.3, 0.4) is 0 Å². The molecule has 1 aromatic rings. The van der Waals surface area contributed by atoms with Gasteiger partial charge in [0.15, 0.2) is 0 Å². The first-order chi connectivity index (χ1) is 9.63. The Balaban J connectivity index is 2.92. The van der Waals surface area contributed by atoms with Crippen molar-refractivity contribution in [3.05, 3.63) is 41.0 Å². The second kappa shape index (κ2) is 7.85. The number of hydrogen-bond donors (Lipinski definition) is 1. The maximum atomic E-state index is 13.4. The molecule has 1 N–H and O–H groups in total. The largest absolute Gasteiger partial charge is 0.372 e. The molecule has 0 aromatic carbocycles. The Bertz CT molecular complexity index is 567. The maximum Gasteiger partial charge on any atom is 0.142 e.